The third-order valence-corrected chi connectivity index (χ3v) is 3.39. The minimum atomic E-state index is -0.756. The zero-order valence-corrected chi connectivity index (χ0v) is 11.1. The first-order valence-corrected chi connectivity index (χ1v) is 6.73. The highest BCUT2D eigenvalue weighted by atomic mass is 16.5. The fourth-order valence-corrected chi connectivity index (χ4v) is 2.25. The number of hydrogen-bond acceptors (Lipinski definition) is 3. The van der Waals surface area contributed by atoms with Gasteiger partial charge in [-0.2, -0.15) is 0 Å². The molecular formula is C15H19NO3. The molecule has 1 aliphatic rings. The predicted octanol–water partition coefficient (Wildman–Crippen LogP) is 2.75. The fourth-order valence-electron chi connectivity index (χ4n) is 2.25. The predicted molar refractivity (Wildman–Crippen MR) is 72.6 cm³/mol. The molecule has 0 aliphatic heterocycles. The first-order valence-electron chi connectivity index (χ1n) is 6.73. The molecule has 0 saturated heterocycles. The Labute approximate surface area is 113 Å². The molecule has 0 aromatic heterocycles. The molecule has 1 atom stereocenters. The lowest BCUT2D eigenvalue weighted by molar-refractivity contribution is -0.157. The minimum absolute atomic E-state index is 0.0213. The van der Waals surface area contributed by atoms with E-state index in [0.29, 0.717) is 5.69 Å². The van der Waals surface area contributed by atoms with Crippen molar-refractivity contribution in [3.63, 3.8) is 0 Å². The summed E-state index contributed by atoms with van der Waals surface area (Å²) in [5, 5.41) is 2.72. The van der Waals surface area contributed by atoms with E-state index in [1.807, 2.05) is 18.2 Å². The molecule has 1 aliphatic carbocycles. The first kappa shape index (κ1) is 13.6. The van der Waals surface area contributed by atoms with E-state index >= 15 is 0 Å². The Bertz CT molecular complexity index is 438. The van der Waals surface area contributed by atoms with Crippen molar-refractivity contribution in [1.82, 2.24) is 0 Å². The maximum Gasteiger partial charge on any atom is 0.309 e. The summed E-state index contributed by atoms with van der Waals surface area (Å²) in [5.41, 5.74) is 0.705. The van der Waals surface area contributed by atoms with Gasteiger partial charge >= 0.3 is 5.97 Å². The Morgan fingerprint density at radius 1 is 1.21 bits per heavy atom. The van der Waals surface area contributed by atoms with E-state index in [1.54, 1.807) is 19.1 Å². The molecule has 1 N–H and O–H groups in total. The molecule has 0 radical (unpaired) electrons. The summed E-state index contributed by atoms with van der Waals surface area (Å²) in [5.74, 6) is -0.558. The van der Waals surface area contributed by atoms with Gasteiger partial charge < -0.3 is 10.1 Å². The Kier molecular flexibility index (Phi) is 4.55. The van der Waals surface area contributed by atoms with E-state index in [4.69, 9.17) is 4.74 Å². The van der Waals surface area contributed by atoms with Gasteiger partial charge in [0.25, 0.3) is 5.91 Å². The molecule has 1 aromatic rings. The third-order valence-electron chi connectivity index (χ3n) is 3.39. The van der Waals surface area contributed by atoms with Crippen LogP contribution in [0, 0.1) is 5.92 Å². The molecule has 102 valence electrons. The van der Waals surface area contributed by atoms with E-state index in [9.17, 15) is 9.59 Å². The van der Waals surface area contributed by atoms with Crippen LogP contribution < -0.4 is 5.32 Å². The lowest BCUT2D eigenvalue weighted by atomic mass is 10.1. The number of benzene rings is 1. The third kappa shape index (κ3) is 3.81. The Balaban J connectivity index is 1.83. The van der Waals surface area contributed by atoms with Gasteiger partial charge in [-0.3, -0.25) is 9.59 Å². The van der Waals surface area contributed by atoms with Gasteiger partial charge in [0, 0.05) is 5.69 Å². The van der Waals surface area contributed by atoms with Crippen LogP contribution in [0.1, 0.15) is 32.6 Å². The van der Waals surface area contributed by atoms with Crippen molar-refractivity contribution in [2.24, 2.45) is 5.92 Å². The number of rotatable bonds is 4. The molecule has 1 amide bonds. The average molecular weight is 261 g/mol. The van der Waals surface area contributed by atoms with Crippen LogP contribution in [0.4, 0.5) is 5.69 Å². The molecule has 0 bridgehead atoms. The van der Waals surface area contributed by atoms with Crippen molar-refractivity contribution in [2.75, 3.05) is 5.32 Å². The van der Waals surface area contributed by atoms with Crippen molar-refractivity contribution in [3.05, 3.63) is 30.3 Å². The molecule has 1 saturated carbocycles. The molecule has 2 rings (SSSR count). The van der Waals surface area contributed by atoms with Gasteiger partial charge in [-0.1, -0.05) is 31.0 Å². The number of esters is 1. The average Bonchev–Trinajstić information content (AvgIpc) is 2.93. The minimum Gasteiger partial charge on any atom is -0.452 e. The Hall–Kier alpha value is -1.84. The monoisotopic (exact) mass is 261 g/mol. The standard InChI is InChI=1S/C15H19NO3/c1-11(19-15(18)12-7-5-6-8-12)14(17)16-13-9-3-2-4-10-13/h2-4,9-12H,5-8H2,1H3,(H,16,17)/t11-/m1/s1. The van der Waals surface area contributed by atoms with Gasteiger partial charge in [0.05, 0.1) is 5.92 Å². The van der Waals surface area contributed by atoms with Gasteiger partial charge in [-0.15, -0.1) is 0 Å². The summed E-state index contributed by atoms with van der Waals surface area (Å²) in [4.78, 5) is 23.7. The summed E-state index contributed by atoms with van der Waals surface area (Å²) >= 11 is 0. The van der Waals surface area contributed by atoms with Gasteiger partial charge in [-0.25, -0.2) is 0 Å². The van der Waals surface area contributed by atoms with Crippen molar-refractivity contribution >= 4 is 17.6 Å². The highest BCUT2D eigenvalue weighted by molar-refractivity contribution is 5.95. The number of nitrogens with one attached hydrogen (secondary N) is 1. The molecular weight excluding hydrogens is 242 g/mol. The molecule has 4 nitrogen and oxygen atoms in total. The second-order valence-corrected chi connectivity index (χ2v) is 4.92. The van der Waals surface area contributed by atoms with Crippen LogP contribution in [0.15, 0.2) is 30.3 Å². The lowest BCUT2D eigenvalue weighted by Crippen LogP contribution is -2.31. The van der Waals surface area contributed by atoms with Crippen LogP contribution in [0.3, 0.4) is 0 Å². The highest BCUT2D eigenvalue weighted by Gasteiger charge is 2.27. The van der Waals surface area contributed by atoms with Crippen molar-refractivity contribution < 1.29 is 14.3 Å². The van der Waals surface area contributed by atoms with Gasteiger partial charge in [-0.05, 0) is 31.9 Å². The van der Waals surface area contributed by atoms with Gasteiger partial charge in [0.1, 0.15) is 0 Å². The zero-order valence-electron chi connectivity index (χ0n) is 11.1. The van der Waals surface area contributed by atoms with Crippen molar-refractivity contribution in [3.8, 4) is 0 Å². The van der Waals surface area contributed by atoms with E-state index in [0.717, 1.165) is 25.7 Å². The number of carbonyl (C=O) groups is 2. The summed E-state index contributed by atoms with van der Waals surface area (Å²) < 4.78 is 5.22. The molecule has 0 spiro atoms. The van der Waals surface area contributed by atoms with Gasteiger partial charge in [0.2, 0.25) is 0 Å². The zero-order chi connectivity index (χ0) is 13.7. The topological polar surface area (TPSA) is 55.4 Å². The Morgan fingerprint density at radius 2 is 1.84 bits per heavy atom. The summed E-state index contributed by atoms with van der Waals surface area (Å²) in [6.45, 7) is 1.60. The SMILES string of the molecule is C[C@@H](OC(=O)C1CCCC1)C(=O)Nc1ccccc1. The largest absolute Gasteiger partial charge is 0.452 e. The van der Waals surface area contributed by atoms with E-state index in [-0.39, 0.29) is 17.8 Å². The van der Waals surface area contributed by atoms with Crippen LogP contribution in [-0.4, -0.2) is 18.0 Å². The molecule has 0 heterocycles. The maximum absolute atomic E-state index is 11.9. The van der Waals surface area contributed by atoms with Crippen LogP contribution in [-0.2, 0) is 14.3 Å². The summed E-state index contributed by atoms with van der Waals surface area (Å²) in [7, 11) is 0. The second kappa shape index (κ2) is 6.36. The summed E-state index contributed by atoms with van der Waals surface area (Å²) in [6.07, 6.45) is 3.15. The summed E-state index contributed by atoms with van der Waals surface area (Å²) in [6, 6.07) is 9.14. The fraction of sp³-hybridized carbons (Fsp3) is 0.467. The molecule has 19 heavy (non-hydrogen) atoms. The highest BCUT2D eigenvalue weighted by Crippen LogP contribution is 2.26. The van der Waals surface area contributed by atoms with Crippen molar-refractivity contribution in [1.29, 1.82) is 0 Å². The Morgan fingerprint density at radius 3 is 2.47 bits per heavy atom. The van der Waals surface area contributed by atoms with Crippen LogP contribution in [0.25, 0.3) is 0 Å². The smallest absolute Gasteiger partial charge is 0.309 e. The maximum atomic E-state index is 11.9. The number of carbonyl (C=O) groups excluding carboxylic acids is 2. The molecule has 1 fully saturated rings. The number of hydrogen-bond donors (Lipinski definition) is 1. The van der Waals surface area contributed by atoms with Crippen LogP contribution in [0.2, 0.25) is 0 Å². The van der Waals surface area contributed by atoms with Crippen LogP contribution >= 0.6 is 0 Å². The quantitative estimate of drug-likeness (QED) is 0.848. The molecule has 0 unspecified atom stereocenters. The van der Waals surface area contributed by atoms with E-state index in [1.165, 1.54) is 0 Å². The number of para-hydroxylation sites is 1. The first-order chi connectivity index (χ1) is 9.16. The number of anilines is 1. The van der Waals surface area contributed by atoms with Crippen molar-refractivity contribution in [2.45, 2.75) is 38.7 Å². The molecule has 4 heteroatoms. The van der Waals surface area contributed by atoms with E-state index < -0.39 is 6.10 Å². The number of amides is 1. The van der Waals surface area contributed by atoms with Crippen LogP contribution in [0.5, 0.6) is 0 Å². The normalized spacial score (nSPS) is 16.9. The van der Waals surface area contributed by atoms with Gasteiger partial charge in [0.15, 0.2) is 6.10 Å². The van der Waals surface area contributed by atoms with E-state index in [2.05, 4.69) is 5.32 Å². The second-order valence-electron chi connectivity index (χ2n) is 4.92. The number of ether oxygens (including phenoxy) is 1. The lowest BCUT2D eigenvalue weighted by Gasteiger charge is -2.16. The molecule has 1 aromatic carbocycles.